The molecule has 2 aromatic carbocycles. The summed E-state index contributed by atoms with van der Waals surface area (Å²) in [4.78, 5) is 33.3. The monoisotopic (exact) mass is 462 g/mol. The molecule has 0 saturated carbocycles. The van der Waals surface area contributed by atoms with Crippen LogP contribution >= 0.6 is 23.2 Å². The van der Waals surface area contributed by atoms with Crippen LogP contribution in [-0.2, 0) is 0 Å². The molecule has 4 rings (SSSR count). The first-order chi connectivity index (χ1) is 15.5. The summed E-state index contributed by atoms with van der Waals surface area (Å²) in [5, 5.41) is 3.32. The molecule has 0 aliphatic carbocycles. The van der Waals surface area contributed by atoms with Crippen LogP contribution in [0.5, 0.6) is 0 Å². The van der Waals surface area contributed by atoms with Crippen LogP contribution < -0.4 is 11.1 Å². The number of hydrogen-bond donors (Lipinski definition) is 2. The zero-order valence-electron chi connectivity index (χ0n) is 16.5. The van der Waals surface area contributed by atoms with Crippen molar-refractivity contribution >= 4 is 40.7 Å². The number of nitrogens with one attached hydrogen (secondary N) is 1. The maximum atomic E-state index is 12.9. The maximum Gasteiger partial charge on any atom is 0.257 e. The van der Waals surface area contributed by atoms with Crippen molar-refractivity contribution in [3.05, 3.63) is 100 Å². The van der Waals surface area contributed by atoms with Gasteiger partial charge in [0, 0.05) is 34.1 Å². The quantitative estimate of drug-likeness (QED) is 0.410. The third kappa shape index (κ3) is 4.32. The summed E-state index contributed by atoms with van der Waals surface area (Å²) >= 11 is 13.1. The highest BCUT2D eigenvalue weighted by molar-refractivity contribution is 6.38. The van der Waals surface area contributed by atoms with Gasteiger partial charge in [0.2, 0.25) is 5.91 Å². The highest BCUT2D eigenvalue weighted by atomic mass is 35.5. The number of benzene rings is 2. The number of halogens is 2. The van der Waals surface area contributed by atoms with Gasteiger partial charge in [0.15, 0.2) is 0 Å². The van der Waals surface area contributed by atoms with E-state index in [1.165, 1.54) is 18.3 Å². The van der Waals surface area contributed by atoms with Crippen LogP contribution in [0.4, 0.5) is 5.69 Å². The summed E-state index contributed by atoms with van der Waals surface area (Å²) in [7, 11) is 0. The fourth-order valence-electron chi connectivity index (χ4n) is 3.27. The smallest absolute Gasteiger partial charge is 0.257 e. The summed E-state index contributed by atoms with van der Waals surface area (Å²) in [6.07, 6.45) is 4.77. The van der Waals surface area contributed by atoms with E-state index >= 15 is 0 Å². The Hall–Kier alpha value is -3.74. The van der Waals surface area contributed by atoms with Crippen molar-refractivity contribution in [2.45, 2.75) is 0 Å². The Balaban J connectivity index is 1.84. The predicted molar refractivity (Wildman–Crippen MR) is 126 cm³/mol. The second-order valence-corrected chi connectivity index (χ2v) is 7.60. The van der Waals surface area contributed by atoms with E-state index in [1.54, 1.807) is 48.8 Å². The number of aromatic nitrogens is 2. The average molecular weight is 463 g/mol. The molecule has 32 heavy (non-hydrogen) atoms. The molecule has 2 heterocycles. The lowest BCUT2D eigenvalue weighted by Gasteiger charge is -2.15. The van der Waals surface area contributed by atoms with E-state index in [2.05, 4.69) is 15.3 Å². The van der Waals surface area contributed by atoms with Gasteiger partial charge in [-0.15, -0.1) is 0 Å². The molecule has 0 atom stereocenters. The lowest BCUT2D eigenvalue weighted by atomic mass is 9.94. The lowest BCUT2D eigenvalue weighted by Crippen LogP contribution is -2.16. The van der Waals surface area contributed by atoms with Gasteiger partial charge in [0.05, 0.1) is 28.2 Å². The lowest BCUT2D eigenvalue weighted by molar-refractivity contribution is 0.0996. The zero-order chi connectivity index (χ0) is 22.7. The van der Waals surface area contributed by atoms with Crippen LogP contribution in [-0.4, -0.2) is 21.8 Å². The summed E-state index contributed by atoms with van der Waals surface area (Å²) < 4.78 is 0. The number of pyridine rings is 2. The highest BCUT2D eigenvalue weighted by Crippen LogP contribution is 2.38. The standard InChI is InChI=1S/C24H16Cl2N4O2/c25-19-9-6-14(12-18(19)20-5-1-2-11-29-20)21-16(23(27)31)7-8-17(22(21)26)24(32)30-15-4-3-10-28-13-15/h1-13H,(H2,27,31)(H,30,32). The van der Waals surface area contributed by atoms with E-state index in [0.29, 0.717) is 33.1 Å². The van der Waals surface area contributed by atoms with E-state index in [4.69, 9.17) is 28.9 Å². The summed E-state index contributed by atoms with van der Waals surface area (Å²) in [5.41, 5.74) is 8.71. The second kappa shape index (κ2) is 9.18. The summed E-state index contributed by atoms with van der Waals surface area (Å²) in [6, 6.07) is 17.0. The number of primary amides is 1. The maximum absolute atomic E-state index is 12.9. The van der Waals surface area contributed by atoms with Crippen LogP contribution in [0.25, 0.3) is 22.4 Å². The van der Waals surface area contributed by atoms with E-state index in [9.17, 15) is 9.59 Å². The van der Waals surface area contributed by atoms with E-state index in [0.717, 1.165) is 0 Å². The van der Waals surface area contributed by atoms with Gasteiger partial charge in [-0.25, -0.2) is 0 Å². The molecule has 0 spiro atoms. The van der Waals surface area contributed by atoms with Crippen LogP contribution in [0.15, 0.2) is 79.3 Å². The van der Waals surface area contributed by atoms with Gasteiger partial charge in [-0.3, -0.25) is 19.6 Å². The molecule has 0 unspecified atom stereocenters. The van der Waals surface area contributed by atoms with Gasteiger partial charge in [0.25, 0.3) is 5.91 Å². The van der Waals surface area contributed by atoms with Gasteiger partial charge in [-0.1, -0.05) is 35.3 Å². The fraction of sp³-hybridized carbons (Fsp3) is 0. The number of nitrogens with zero attached hydrogens (tertiary/aromatic N) is 2. The molecule has 0 saturated heterocycles. The molecule has 6 nitrogen and oxygen atoms in total. The second-order valence-electron chi connectivity index (χ2n) is 6.82. The van der Waals surface area contributed by atoms with Crippen molar-refractivity contribution in [2.75, 3.05) is 5.32 Å². The minimum Gasteiger partial charge on any atom is -0.366 e. The number of anilines is 1. The normalized spacial score (nSPS) is 10.6. The number of nitrogens with two attached hydrogens (primary N) is 1. The van der Waals surface area contributed by atoms with Crippen molar-refractivity contribution in [3.8, 4) is 22.4 Å². The zero-order valence-corrected chi connectivity index (χ0v) is 18.1. The Morgan fingerprint density at radius 1 is 0.906 bits per heavy atom. The van der Waals surface area contributed by atoms with Gasteiger partial charge in [-0.05, 0) is 54.1 Å². The molecule has 0 radical (unpaired) electrons. The third-order valence-corrected chi connectivity index (χ3v) is 5.49. The minimum absolute atomic E-state index is 0.0944. The third-order valence-electron chi connectivity index (χ3n) is 4.77. The first kappa shape index (κ1) is 21.5. The predicted octanol–water partition coefficient (Wildman–Crippen LogP) is 5.47. The van der Waals surface area contributed by atoms with E-state index in [1.807, 2.05) is 12.1 Å². The highest BCUT2D eigenvalue weighted by Gasteiger charge is 2.21. The SMILES string of the molecule is NC(=O)c1ccc(C(=O)Nc2cccnc2)c(Cl)c1-c1ccc(Cl)c(-c2ccccn2)c1. The summed E-state index contributed by atoms with van der Waals surface area (Å²) in [6.45, 7) is 0. The molecule has 0 aliphatic heterocycles. The number of carbonyl (C=O) groups is 2. The average Bonchev–Trinajstić information content (AvgIpc) is 2.80. The Morgan fingerprint density at radius 3 is 2.41 bits per heavy atom. The number of carbonyl (C=O) groups excluding carboxylic acids is 2. The number of rotatable bonds is 5. The summed E-state index contributed by atoms with van der Waals surface area (Å²) in [5.74, 6) is -1.12. The van der Waals surface area contributed by atoms with Crippen molar-refractivity contribution in [1.82, 2.24) is 9.97 Å². The Kier molecular flexibility index (Phi) is 6.16. The van der Waals surface area contributed by atoms with Gasteiger partial charge >= 0.3 is 0 Å². The van der Waals surface area contributed by atoms with Gasteiger partial charge in [-0.2, -0.15) is 0 Å². The Bertz CT molecular complexity index is 1310. The minimum atomic E-state index is -0.671. The number of amides is 2. The largest absolute Gasteiger partial charge is 0.366 e. The Morgan fingerprint density at radius 2 is 1.72 bits per heavy atom. The molecule has 4 aromatic rings. The molecule has 8 heteroatoms. The first-order valence-electron chi connectivity index (χ1n) is 9.50. The molecule has 158 valence electrons. The fourth-order valence-corrected chi connectivity index (χ4v) is 3.85. The first-order valence-corrected chi connectivity index (χ1v) is 10.3. The van der Waals surface area contributed by atoms with E-state index < -0.39 is 11.8 Å². The van der Waals surface area contributed by atoms with Crippen LogP contribution in [0.3, 0.4) is 0 Å². The molecule has 0 bridgehead atoms. The number of hydrogen-bond acceptors (Lipinski definition) is 4. The van der Waals surface area contributed by atoms with Crippen molar-refractivity contribution in [1.29, 1.82) is 0 Å². The van der Waals surface area contributed by atoms with Crippen molar-refractivity contribution < 1.29 is 9.59 Å². The molecule has 0 fully saturated rings. The molecule has 2 amide bonds. The molecule has 3 N–H and O–H groups in total. The van der Waals surface area contributed by atoms with Crippen LogP contribution in [0.2, 0.25) is 10.0 Å². The van der Waals surface area contributed by atoms with Gasteiger partial charge in [0.1, 0.15) is 0 Å². The topological polar surface area (TPSA) is 98.0 Å². The van der Waals surface area contributed by atoms with Crippen molar-refractivity contribution in [2.24, 2.45) is 5.73 Å². The van der Waals surface area contributed by atoms with Crippen molar-refractivity contribution in [3.63, 3.8) is 0 Å². The van der Waals surface area contributed by atoms with E-state index in [-0.39, 0.29) is 16.1 Å². The van der Waals surface area contributed by atoms with Crippen LogP contribution in [0, 0.1) is 0 Å². The molecular formula is C24H16Cl2N4O2. The van der Waals surface area contributed by atoms with Crippen LogP contribution in [0.1, 0.15) is 20.7 Å². The van der Waals surface area contributed by atoms with Gasteiger partial charge < -0.3 is 11.1 Å². The Labute approximate surface area is 194 Å². The molecule has 0 aliphatic rings. The molecule has 2 aromatic heterocycles. The molecular weight excluding hydrogens is 447 g/mol.